The molecule has 15 heavy (non-hydrogen) atoms. The number of hydrogen-bond donors (Lipinski definition) is 0. The van der Waals surface area contributed by atoms with Crippen molar-refractivity contribution in [2.24, 2.45) is 5.92 Å². The highest BCUT2D eigenvalue weighted by Crippen LogP contribution is 2.21. The fraction of sp³-hybridized carbons (Fsp3) is 0.417. The second kappa shape index (κ2) is 4.45. The van der Waals surface area contributed by atoms with Gasteiger partial charge in [-0.15, -0.1) is 0 Å². The van der Waals surface area contributed by atoms with Crippen molar-refractivity contribution in [3.63, 3.8) is 0 Å². The van der Waals surface area contributed by atoms with E-state index >= 15 is 0 Å². The summed E-state index contributed by atoms with van der Waals surface area (Å²) in [6.07, 6.45) is 0.0771. The zero-order valence-electron chi connectivity index (χ0n) is 8.68. The van der Waals surface area contributed by atoms with E-state index in [1.54, 1.807) is 0 Å². The van der Waals surface area contributed by atoms with Crippen molar-refractivity contribution in [2.45, 2.75) is 19.6 Å². The Labute approximate surface area is 89.0 Å². The van der Waals surface area contributed by atoms with Gasteiger partial charge >= 0.3 is 5.97 Å². The molecule has 1 fully saturated rings. The maximum absolute atomic E-state index is 11.5. The Bertz CT molecular complexity index is 330. The molecule has 0 radical (unpaired) electrons. The van der Waals surface area contributed by atoms with Crippen LogP contribution >= 0.6 is 0 Å². The van der Waals surface area contributed by atoms with Crippen LogP contribution in [0, 0.1) is 5.92 Å². The molecule has 1 aliphatic rings. The summed E-state index contributed by atoms with van der Waals surface area (Å²) in [7, 11) is 0. The van der Waals surface area contributed by atoms with Gasteiger partial charge in [0, 0.05) is 0 Å². The predicted molar refractivity (Wildman–Crippen MR) is 55.1 cm³/mol. The molecular formula is C12H14O3. The highest BCUT2D eigenvalue weighted by molar-refractivity contribution is 5.73. The zero-order valence-corrected chi connectivity index (χ0v) is 8.68. The minimum absolute atomic E-state index is 0.0771. The monoisotopic (exact) mass is 206 g/mol. The maximum atomic E-state index is 11.5. The predicted octanol–water partition coefficient (Wildman–Crippen LogP) is 1.76. The van der Waals surface area contributed by atoms with Crippen LogP contribution in [0.15, 0.2) is 30.3 Å². The fourth-order valence-corrected chi connectivity index (χ4v) is 1.36. The first kappa shape index (κ1) is 10.2. The third-order valence-electron chi connectivity index (χ3n) is 2.51. The highest BCUT2D eigenvalue weighted by Gasteiger charge is 2.35. The summed E-state index contributed by atoms with van der Waals surface area (Å²) in [5.41, 5.74) is 1.01. The van der Waals surface area contributed by atoms with Gasteiger partial charge in [0.05, 0.1) is 18.6 Å². The summed E-state index contributed by atoms with van der Waals surface area (Å²) in [5.74, 6) is -0.324. The van der Waals surface area contributed by atoms with Crippen molar-refractivity contribution in [2.75, 3.05) is 6.61 Å². The van der Waals surface area contributed by atoms with Crippen LogP contribution in [0.1, 0.15) is 12.5 Å². The van der Waals surface area contributed by atoms with Crippen LogP contribution in [0.3, 0.4) is 0 Å². The highest BCUT2D eigenvalue weighted by atomic mass is 16.6. The van der Waals surface area contributed by atoms with Crippen molar-refractivity contribution in [1.29, 1.82) is 0 Å². The lowest BCUT2D eigenvalue weighted by Crippen LogP contribution is -2.19. The molecule has 1 heterocycles. The van der Waals surface area contributed by atoms with Gasteiger partial charge in [-0.05, 0) is 12.5 Å². The van der Waals surface area contributed by atoms with E-state index in [9.17, 15) is 4.79 Å². The number of benzene rings is 1. The minimum Gasteiger partial charge on any atom is -0.461 e. The number of hydrogen-bond acceptors (Lipinski definition) is 3. The Morgan fingerprint density at radius 2 is 2.20 bits per heavy atom. The lowest BCUT2D eigenvalue weighted by molar-refractivity contribution is -0.149. The molecule has 3 heteroatoms. The molecule has 1 aliphatic heterocycles. The van der Waals surface area contributed by atoms with Gasteiger partial charge in [0.1, 0.15) is 6.61 Å². The van der Waals surface area contributed by atoms with E-state index in [1.165, 1.54) is 0 Å². The van der Waals surface area contributed by atoms with Crippen molar-refractivity contribution >= 4 is 5.97 Å². The molecule has 0 aliphatic carbocycles. The lowest BCUT2D eigenvalue weighted by Gasteiger charge is -2.08. The van der Waals surface area contributed by atoms with E-state index in [0.717, 1.165) is 5.56 Å². The average molecular weight is 206 g/mol. The number of esters is 1. The summed E-state index contributed by atoms with van der Waals surface area (Å²) in [6, 6.07) is 9.66. The number of carbonyl (C=O) groups excluding carboxylic acids is 1. The topological polar surface area (TPSA) is 38.8 Å². The molecule has 80 valence electrons. The minimum atomic E-state index is -0.179. The van der Waals surface area contributed by atoms with E-state index in [1.807, 2.05) is 37.3 Å². The molecule has 0 N–H and O–H groups in total. The number of ether oxygens (including phenoxy) is 2. The van der Waals surface area contributed by atoms with Gasteiger partial charge in [-0.3, -0.25) is 4.79 Å². The molecule has 3 nitrogen and oxygen atoms in total. The molecule has 0 aromatic heterocycles. The van der Waals surface area contributed by atoms with E-state index < -0.39 is 0 Å². The summed E-state index contributed by atoms with van der Waals surface area (Å²) in [4.78, 5) is 11.5. The third kappa shape index (κ3) is 2.80. The molecule has 0 saturated carbocycles. The van der Waals surface area contributed by atoms with Crippen LogP contribution in [0.5, 0.6) is 0 Å². The Balaban J connectivity index is 1.80. The average Bonchev–Trinajstić information content (AvgIpc) is 3.10. The molecule has 2 unspecified atom stereocenters. The summed E-state index contributed by atoms with van der Waals surface area (Å²) >= 11 is 0. The zero-order chi connectivity index (χ0) is 10.7. The van der Waals surface area contributed by atoms with E-state index in [2.05, 4.69) is 0 Å². The van der Waals surface area contributed by atoms with Gasteiger partial charge < -0.3 is 9.47 Å². The lowest BCUT2D eigenvalue weighted by atomic mass is 10.1. The molecule has 1 aromatic rings. The van der Waals surface area contributed by atoms with Crippen molar-refractivity contribution in [3.05, 3.63) is 35.9 Å². The molecule has 0 amide bonds. The Morgan fingerprint density at radius 1 is 1.53 bits per heavy atom. The Hall–Kier alpha value is -1.35. The molecule has 2 atom stereocenters. The van der Waals surface area contributed by atoms with Crippen LogP contribution < -0.4 is 0 Å². The largest absolute Gasteiger partial charge is 0.461 e. The SMILES string of the molecule is CC(C(=O)OCc1ccccc1)C1CO1. The van der Waals surface area contributed by atoms with Gasteiger partial charge in [-0.1, -0.05) is 30.3 Å². The van der Waals surface area contributed by atoms with Crippen molar-refractivity contribution in [3.8, 4) is 0 Å². The summed E-state index contributed by atoms with van der Waals surface area (Å²) in [6.45, 7) is 2.86. The Morgan fingerprint density at radius 3 is 2.80 bits per heavy atom. The van der Waals surface area contributed by atoms with Crippen molar-refractivity contribution in [1.82, 2.24) is 0 Å². The molecule has 2 rings (SSSR count). The molecule has 0 bridgehead atoms. The van der Waals surface area contributed by atoms with E-state index in [4.69, 9.17) is 9.47 Å². The molecule has 1 aromatic carbocycles. The summed E-state index contributed by atoms with van der Waals surface area (Å²) in [5, 5.41) is 0. The summed E-state index contributed by atoms with van der Waals surface area (Å²) < 4.78 is 10.2. The maximum Gasteiger partial charge on any atom is 0.311 e. The second-order valence-corrected chi connectivity index (χ2v) is 3.75. The van der Waals surface area contributed by atoms with E-state index in [-0.39, 0.29) is 18.0 Å². The number of rotatable bonds is 4. The van der Waals surface area contributed by atoms with Gasteiger partial charge in [0.15, 0.2) is 0 Å². The molecule has 0 spiro atoms. The Kier molecular flexibility index (Phi) is 3.02. The fourth-order valence-electron chi connectivity index (χ4n) is 1.36. The van der Waals surface area contributed by atoms with Gasteiger partial charge in [-0.25, -0.2) is 0 Å². The first-order chi connectivity index (χ1) is 7.27. The number of carbonyl (C=O) groups is 1. The van der Waals surface area contributed by atoms with Crippen LogP contribution in [-0.2, 0) is 20.9 Å². The van der Waals surface area contributed by atoms with Gasteiger partial charge in [0.2, 0.25) is 0 Å². The van der Waals surface area contributed by atoms with E-state index in [0.29, 0.717) is 13.2 Å². The van der Waals surface area contributed by atoms with Crippen LogP contribution in [-0.4, -0.2) is 18.7 Å². The first-order valence-electron chi connectivity index (χ1n) is 5.09. The first-order valence-corrected chi connectivity index (χ1v) is 5.09. The van der Waals surface area contributed by atoms with Crippen LogP contribution in [0.25, 0.3) is 0 Å². The van der Waals surface area contributed by atoms with Crippen LogP contribution in [0.4, 0.5) is 0 Å². The molecule has 1 saturated heterocycles. The third-order valence-corrected chi connectivity index (χ3v) is 2.51. The number of epoxide rings is 1. The normalized spacial score (nSPS) is 20.7. The van der Waals surface area contributed by atoms with Gasteiger partial charge in [0.25, 0.3) is 0 Å². The van der Waals surface area contributed by atoms with Crippen molar-refractivity contribution < 1.29 is 14.3 Å². The van der Waals surface area contributed by atoms with Gasteiger partial charge in [-0.2, -0.15) is 0 Å². The second-order valence-electron chi connectivity index (χ2n) is 3.75. The smallest absolute Gasteiger partial charge is 0.311 e. The standard InChI is InChI=1S/C12H14O3/c1-9(11-8-14-11)12(13)15-7-10-5-3-2-4-6-10/h2-6,9,11H,7-8H2,1H3. The molecular weight excluding hydrogens is 192 g/mol. The quantitative estimate of drug-likeness (QED) is 0.556. The van der Waals surface area contributed by atoms with Crippen LogP contribution in [0.2, 0.25) is 0 Å².